The summed E-state index contributed by atoms with van der Waals surface area (Å²) in [6.45, 7) is 8.32. The van der Waals surface area contributed by atoms with E-state index in [2.05, 4.69) is 46.5 Å². The third-order valence-electron chi connectivity index (χ3n) is 8.04. The maximum atomic E-state index is 13.3. The molecule has 1 N–H and O–H groups in total. The van der Waals surface area contributed by atoms with E-state index in [9.17, 15) is 9.59 Å². The van der Waals surface area contributed by atoms with E-state index in [0.717, 1.165) is 68.8 Å². The van der Waals surface area contributed by atoms with E-state index in [-0.39, 0.29) is 17.7 Å². The number of benzene rings is 2. The molecule has 0 saturated carbocycles. The number of piperidine rings is 1. The van der Waals surface area contributed by atoms with Crippen LogP contribution >= 0.6 is 0 Å². The Balaban J connectivity index is 1.19. The van der Waals surface area contributed by atoms with Crippen molar-refractivity contribution in [2.75, 3.05) is 38.0 Å². The summed E-state index contributed by atoms with van der Waals surface area (Å²) in [5.74, 6) is 0.558. The fourth-order valence-corrected chi connectivity index (χ4v) is 5.57. The van der Waals surface area contributed by atoms with Gasteiger partial charge in [0, 0.05) is 49.7 Å². The Hall–Kier alpha value is -3.45. The van der Waals surface area contributed by atoms with E-state index < -0.39 is 0 Å². The second kappa shape index (κ2) is 10.9. The van der Waals surface area contributed by atoms with Crippen LogP contribution in [-0.2, 0) is 11.8 Å². The first kappa shape index (κ1) is 25.2. The number of carbonyl (C=O) groups excluding carboxylic acids is 2. The van der Waals surface area contributed by atoms with Crippen LogP contribution < -0.4 is 5.32 Å². The third kappa shape index (κ3) is 5.62. The molecule has 2 fully saturated rings. The summed E-state index contributed by atoms with van der Waals surface area (Å²) in [5, 5.41) is 7.36. The van der Waals surface area contributed by atoms with E-state index >= 15 is 0 Å². The van der Waals surface area contributed by atoms with Crippen molar-refractivity contribution < 1.29 is 9.59 Å². The highest BCUT2D eigenvalue weighted by atomic mass is 16.2. The summed E-state index contributed by atoms with van der Waals surface area (Å²) in [6.07, 6.45) is 6.69. The zero-order valence-corrected chi connectivity index (χ0v) is 22.1. The summed E-state index contributed by atoms with van der Waals surface area (Å²) >= 11 is 0. The molecule has 5 rings (SSSR count). The first-order valence-electron chi connectivity index (χ1n) is 13.4. The lowest BCUT2D eigenvalue weighted by atomic mass is 9.88. The summed E-state index contributed by atoms with van der Waals surface area (Å²) in [4.78, 5) is 30.4. The van der Waals surface area contributed by atoms with Crippen LogP contribution in [0.5, 0.6) is 0 Å². The second-order valence-corrected chi connectivity index (χ2v) is 10.5. The van der Waals surface area contributed by atoms with Crippen LogP contribution in [0.1, 0.15) is 53.6 Å². The molecule has 1 unspecified atom stereocenters. The van der Waals surface area contributed by atoms with Crippen LogP contribution in [0.15, 0.2) is 54.9 Å². The van der Waals surface area contributed by atoms with Crippen molar-refractivity contribution in [2.45, 2.75) is 39.0 Å². The zero-order chi connectivity index (χ0) is 25.9. The van der Waals surface area contributed by atoms with E-state index in [1.807, 2.05) is 54.1 Å². The van der Waals surface area contributed by atoms with Gasteiger partial charge in [-0.1, -0.05) is 37.3 Å². The van der Waals surface area contributed by atoms with Crippen molar-refractivity contribution in [3.63, 3.8) is 0 Å². The van der Waals surface area contributed by atoms with Gasteiger partial charge in [-0.25, -0.2) is 0 Å². The summed E-state index contributed by atoms with van der Waals surface area (Å²) in [6, 6.07) is 14.4. The Morgan fingerprint density at radius 2 is 1.76 bits per heavy atom. The van der Waals surface area contributed by atoms with Gasteiger partial charge in [0.15, 0.2) is 0 Å². The molecule has 2 aliphatic rings. The topological polar surface area (TPSA) is 70.5 Å². The van der Waals surface area contributed by atoms with E-state index in [0.29, 0.717) is 11.5 Å². The summed E-state index contributed by atoms with van der Waals surface area (Å²) in [7, 11) is 1.93. The molecule has 7 nitrogen and oxygen atoms in total. The van der Waals surface area contributed by atoms with Crippen molar-refractivity contribution in [3.8, 4) is 11.1 Å². The predicted molar refractivity (Wildman–Crippen MR) is 147 cm³/mol. The number of likely N-dealkylation sites (tertiary alicyclic amines) is 2. The molecular weight excluding hydrogens is 462 g/mol. The fraction of sp³-hybridized carbons (Fsp3) is 0.433. The van der Waals surface area contributed by atoms with Crippen molar-refractivity contribution in [1.29, 1.82) is 0 Å². The van der Waals surface area contributed by atoms with Crippen molar-refractivity contribution in [1.82, 2.24) is 19.6 Å². The average Bonchev–Trinajstić information content (AvgIpc) is 3.59. The quantitative estimate of drug-likeness (QED) is 0.534. The zero-order valence-electron chi connectivity index (χ0n) is 22.1. The summed E-state index contributed by atoms with van der Waals surface area (Å²) < 4.78 is 1.82. The summed E-state index contributed by atoms with van der Waals surface area (Å²) in [5.41, 5.74) is 5.98. The molecule has 0 spiro atoms. The minimum atomic E-state index is 0.0103. The molecule has 2 saturated heterocycles. The highest BCUT2D eigenvalue weighted by Gasteiger charge is 2.28. The molecule has 3 aromatic rings. The molecule has 7 heteroatoms. The maximum Gasteiger partial charge on any atom is 0.253 e. The first-order chi connectivity index (χ1) is 17.9. The van der Waals surface area contributed by atoms with E-state index in [1.165, 1.54) is 11.1 Å². The molecule has 2 aliphatic heterocycles. The number of nitrogens with one attached hydrogen (secondary N) is 1. The van der Waals surface area contributed by atoms with Gasteiger partial charge in [0.25, 0.3) is 5.91 Å². The maximum absolute atomic E-state index is 13.3. The number of rotatable bonds is 6. The number of hydrogen-bond acceptors (Lipinski definition) is 4. The highest BCUT2D eigenvalue weighted by Crippen LogP contribution is 2.31. The number of nitrogens with zero attached hydrogens (tertiary/aromatic N) is 4. The average molecular weight is 500 g/mol. The predicted octanol–water partition coefficient (Wildman–Crippen LogP) is 4.70. The fourth-order valence-electron chi connectivity index (χ4n) is 5.57. The standard InChI is InChI=1S/C30H37N5O2/c1-4-34-14-11-26(20-34)29(36)32-28-17-25(6-5-21(28)2)30(37)35-15-12-24(13-16-35)22-7-9-23(10-8-22)27-18-31-33(3)19-27/h5-10,17-19,24,26H,4,11-16,20H2,1-3H3,(H,32,36). The van der Waals surface area contributed by atoms with Gasteiger partial charge in [-0.2, -0.15) is 5.10 Å². The van der Waals surface area contributed by atoms with Gasteiger partial charge in [-0.05, 0) is 74.0 Å². The second-order valence-electron chi connectivity index (χ2n) is 10.5. The molecule has 3 heterocycles. The molecule has 1 aromatic heterocycles. The van der Waals surface area contributed by atoms with Gasteiger partial charge in [0.2, 0.25) is 5.91 Å². The SMILES string of the molecule is CCN1CCC(C(=O)Nc2cc(C(=O)N3CCC(c4ccc(-c5cnn(C)c5)cc4)CC3)ccc2C)C1. The largest absolute Gasteiger partial charge is 0.339 e. The molecule has 2 aromatic carbocycles. The van der Waals surface area contributed by atoms with Crippen LogP contribution in [0.4, 0.5) is 5.69 Å². The molecule has 0 bridgehead atoms. The van der Waals surface area contributed by atoms with Crippen molar-refractivity contribution in [2.24, 2.45) is 13.0 Å². The van der Waals surface area contributed by atoms with Crippen LogP contribution in [0.2, 0.25) is 0 Å². The number of aromatic nitrogens is 2. The molecule has 2 amide bonds. The number of anilines is 1. The van der Waals surface area contributed by atoms with Crippen molar-refractivity contribution >= 4 is 17.5 Å². The van der Waals surface area contributed by atoms with Crippen LogP contribution in [0.3, 0.4) is 0 Å². The highest BCUT2D eigenvalue weighted by molar-refractivity contribution is 5.98. The van der Waals surface area contributed by atoms with Gasteiger partial charge >= 0.3 is 0 Å². The minimum Gasteiger partial charge on any atom is -0.339 e. The van der Waals surface area contributed by atoms with Gasteiger partial charge in [-0.3, -0.25) is 14.3 Å². The van der Waals surface area contributed by atoms with Gasteiger partial charge in [0.05, 0.1) is 12.1 Å². The van der Waals surface area contributed by atoms with Gasteiger partial charge in [-0.15, -0.1) is 0 Å². The van der Waals surface area contributed by atoms with Crippen molar-refractivity contribution in [3.05, 3.63) is 71.5 Å². The molecule has 0 aliphatic carbocycles. The van der Waals surface area contributed by atoms with Gasteiger partial charge in [0.1, 0.15) is 0 Å². The first-order valence-corrected chi connectivity index (χ1v) is 13.4. The van der Waals surface area contributed by atoms with Crippen LogP contribution in [-0.4, -0.2) is 64.1 Å². The number of aryl methyl sites for hydroxylation is 2. The van der Waals surface area contributed by atoms with Crippen LogP contribution in [0, 0.1) is 12.8 Å². The van der Waals surface area contributed by atoms with E-state index in [4.69, 9.17) is 0 Å². The molecule has 194 valence electrons. The molecule has 37 heavy (non-hydrogen) atoms. The monoisotopic (exact) mass is 499 g/mol. The lowest BCUT2D eigenvalue weighted by Gasteiger charge is -2.32. The van der Waals surface area contributed by atoms with Crippen LogP contribution in [0.25, 0.3) is 11.1 Å². The smallest absolute Gasteiger partial charge is 0.253 e. The number of amides is 2. The lowest BCUT2D eigenvalue weighted by Crippen LogP contribution is -2.38. The Labute approximate surface area is 219 Å². The Morgan fingerprint density at radius 1 is 1.00 bits per heavy atom. The Kier molecular flexibility index (Phi) is 7.42. The lowest BCUT2D eigenvalue weighted by molar-refractivity contribution is -0.119. The number of carbonyl (C=O) groups is 2. The minimum absolute atomic E-state index is 0.0103. The van der Waals surface area contributed by atoms with Gasteiger partial charge < -0.3 is 15.1 Å². The normalized spacial score (nSPS) is 18.8. The van der Waals surface area contributed by atoms with E-state index in [1.54, 1.807) is 0 Å². The molecule has 0 radical (unpaired) electrons. The molecular formula is C30H37N5O2. The molecule has 1 atom stereocenters. The Morgan fingerprint density at radius 3 is 2.41 bits per heavy atom. The third-order valence-corrected chi connectivity index (χ3v) is 8.04. The Bertz CT molecular complexity index is 1260. The number of hydrogen-bond donors (Lipinski definition) is 1.